The normalized spacial score (nSPS) is 16.8. The molecule has 1 aliphatic rings. The molecule has 3 rings (SSSR count). The fourth-order valence-corrected chi connectivity index (χ4v) is 3.96. The Morgan fingerprint density at radius 3 is 2.33 bits per heavy atom. The number of nitrogens with one attached hydrogen (secondary N) is 1. The third-order valence-corrected chi connectivity index (χ3v) is 5.89. The summed E-state index contributed by atoms with van der Waals surface area (Å²) in [5.74, 6) is -0.496. The summed E-state index contributed by atoms with van der Waals surface area (Å²) in [5.41, 5.74) is 1.11. The van der Waals surface area contributed by atoms with E-state index in [1.54, 1.807) is 24.3 Å². The lowest BCUT2D eigenvalue weighted by Crippen LogP contribution is -2.37. The van der Waals surface area contributed by atoms with Crippen LogP contribution in [0.4, 0.5) is 10.1 Å². The van der Waals surface area contributed by atoms with Gasteiger partial charge in [-0.1, -0.05) is 12.1 Å². The van der Waals surface area contributed by atoms with Crippen LogP contribution in [-0.2, 0) is 14.8 Å². The maximum atomic E-state index is 13.0. The number of hydrogen-bond acceptors (Lipinski definition) is 5. The molecule has 6 nitrogen and oxygen atoms in total. The van der Waals surface area contributed by atoms with Gasteiger partial charge in [-0.15, -0.1) is 0 Å². The Bertz CT molecular complexity index is 835. The minimum Gasteiger partial charge on any atom is -0.388 e. The van der Waals surface area contributed by atoms with Gasteiger partial charge in [-0.25, -0.2) is 12.8 Å². The molecule has 2 aromatic carbocycles. The largest absolute Gasteiger partial charge is 0.388 e. The van der Waals surface area contributed by atoms with Crippen LogP contribution in [0.5, 0.6) is 0 Å². The number of benzene rings is 2. The average Bonchev–Trinajstić information content (AvgIpc) is 2.67. The predicted octanol–water partition coefficient (Wildman–Crippen LogP) is 2.38. The van der Waals surface area contributed by atoms with Gasteiger partial charge in [0.1, 0.15) is 5.82 Å². The topological polar surface area (TPSA) is 78.9 Å². The van der Waals surface area contributed by atoms with Crippen LogP contribution in [0.2, 0.25) is 0 Å². The van der Waals surface area contributed by atoms with Crippen LogP contribution in [0.1, 0.15) is 18.1 Å². The molecule has 0 saturated carbocycles. The molecule has 2 aromatic rings. The highest BCUT2D eigenvalue weighted by Gasteiger charge is 2.16. The number of rotatable bonds is 7. The van der Waals surface area contributed by atoms with Crippen LogP contribution in [0.25, 0.3) is 0 Å². The summed E-state index contributed by atoms with van der Waals surface area (Å²) in [6, 6.07) is 11.2. The van der Waals surface area contributed by atoms with E-state index in [1.807, 2.05) is 0 Å². The zero-order valence-corrected chi connectivity index (χ0v) is 15.7. The van der Waals surface area contributed by atoms with Gasteiger partial charge in [0.05, 0.1) is 24.2 Å². The Morgan fingerprint density at radius 2 is 1.70 bits per heavy atom. The molecule has 27 heavy (non-hydrogen) atoms. The first-order chi connectivity index (χ1) is 12.9. The van der Waals surface area contributed by atoms with Crippen LogP contribution in [0, 0.1) is 5.82 Å². The second kappa shape index (κ2) is 8.79. The van der Waals surface area contributed by atoms with Crippen LogP contribution in [0.3, 0.4) is 0 Å². The zero-order valence-electron chi connectivity index (χ0n) is 14.8. The fourth-order valence-electron chi connectivity index (χ4n) is 2.90. The molecule has 1 heterocycles. The van der Waals surface area contributed by atoms with Crippen LogP contribution >= 0.6 is 0 Å². The SMILES string of the molecule is O=S(=O)(Nc1ccc(C(O)CCN2CCOCC2)cc1)c1ccc(F)cc1. The van der Waals surface area contributed by atoms with E-state index in [0.717, 1.165) is 50.5 Å². The molecule has 1 aliphatic heterocycles. The summed E-state index contributed by atoms with van der Waals surface area (Å²) in [6.07, 6.45) is -0.0173. The minimum atomic E-state index is -3.79. The number of nitrogens with zero attached hydrogens (tertiary/aromatic N) is 1. The van der Waals surface area contributed by atoms with E-state index in [9.17, 15) is 17.9 Å². The van der Waals surface area contributed by atoms with Crippen molar-refractivity contribution >= 4 is 15.7 Å². The Hall–Kier alpha value is -2.00. The van der Waals surface area contributed by atoms with Crippen molar-refractivity contribution < 1.29 is 22.7 Å². The van der Waals surface area contributed by atoms with E-state index < -0.39 is 21.9 Å². The predicted molar refractivity (Wildman–Crippen MR) is 100 cm³/mol. The Balaban J connectivity index is 1.58. The van der Waals surface area contributed by atoms with Gasteiger partial charge >= 0.3 is 0 Å². The molecular formula is C19H23FN2O4S. The van der Waals surface area contributed by atoms with Crippen LogP contribution < -0.4 is 4.72 Å². The lowest BCUT2D eigenvalue weighted by Gasteiger charge is -2.27. The zero-order chi connectivity index (χ0) is 19.3. The molecule has 0 aliphatic carbocycles. The third kappa shape index (κ3) is 5.49. The second-order valence-electron chi connectivity index (χ2n) is 6.44. The van der Waals surface area contributed by atoms with E-state index in [1.165, 1.54) is 12.1 Å². The summed E-state index contributed by atoms with van der Waals surface area (Å²) in [7, 11) is -3.79. The molecule has 2 N–H and O–H groups in total. The number of aliphatic hydroxyl groups is 1. The maximum absolute atomic E-state index is 13.0. The lowest BCUT2D eigenvalue weighted by atomic mass is 10.1. The summed E-state index contributed by atoms with van der Waals surface area (Å²) < 4.78 is 45.3. The first kappa shape index (κ1) is 19.8. The first-order valence-corrected chi connectivity index (χ1v) is 10.3. The van der Waals surface area contributed by atoms with Crippen molar-refractivity contribution in [1.82, 2.24) is 4.90 Å². The van der Waals surface area contributed by atoms with Crippen molar-refractivity contribution in [2.24, 2.45) is 0 Å². The quantitative estimate of drug-likeness (QED) is 0.754. The number of halogens is 1. The minimum absolute atomic E-state index is 0.0153. The smallest absolute Gasteiger partial charge is 0.261 e. The Kier molecular flexibility index (Phi) is 6.43. The van der Waals surface area contributed by atoms with E-state index in [-0.39, 0.29) is 4.90 Å². The van der Waals surface area contributed by atoms with Crippen molar-refractivity contribution in [2.75, 3.05) is 37.6 Å². The van der Waals surface area contributed by atoms with E-state index in [0.29, 0.717) is 12.1 Å². The maximum Gasteiger partial charge on any atom is 0.261 e. The van der Waals surface area contributed by atoms with E-state index >= 15 is 0 Å². The van der Waals surface area contributed by atoms with Gasteiger partial charge in [-0.05, 0) is 48.4 Å². The number of aliphatic hydroxyl groups excluding tert-OH is 1. The second-order valence-corrected chi connectivity index (χ2v) is 8.12. The standard InChI is InChI=1S/C19H23FN2O4S/c20-16-3-7-18(8-4-16)27(24,25)21-17-5-1-15(2-6-17)19(23)9-10-22-11-13-26-14-12-22/h1-8,19,21,23H,9-14H2. The highest BCUT2D eigenvalue weighted by atomic mass is 32.2. The average molecular weight is 394 g/mol. The van der Waals surface area contributed by atoms with Gasteiger partial charge in [0.15, 0.2) is 0 Å². The summed E-state index contributed by atoms with van der Waals surface area (Å²) >= 11 is 0. The van der Waals surface area contributed by atoms with E-state index in [2.05, 4.69) is 9.62 Å². The van der Waals surface area contributed by atoms with Crippen molar-refractivity contribution in [3.63, 3.8) is 0 Å². The molecule has 1 atom stereocenters. The molecule has 0 bridgehead atoms. The van der Waals surface area contributed by atoms with Gasteiger partial charge in [-0.2, -0.15) is 0 Å². The highest BCUT2D eigenvalue weighted by molar-refractivity contribution is 7.92. The van der Waals surface area contributed by atoms with Gasteiger partial charge in [0.2, 0.25) is 0 Å². The summed E-state index contributed by atoms with van der Waals surface area (Å²) in [6.45, 7) is 3.97. The van der Waals surface area contributed by atoms with Crippen LogP contribution in [0.15, 0.2) is 53.4 Å². The van der Waals surface area contributed by atoms with Gasteiger partial charge in [0.25, 0.3) is 10.0 Å². The monoisotopic (exact) mass is 394 g/mol. The highest BCUT2D eigenvalue weighted by Crippen LogP contribution is 2.22. The van der Waals surface area contributed by atoms with Crippen molar-refractivity contribution in [3.05, 3.63) is 59.9 Å². The van der Waals surface area contributed by atoms with E-state index in [4.69, 9.17) is 4.74 Å². The molecule has 1 fully saturated rings. The van der Waals surface area contributed by atoms with Gasteiger partial charge < -0.3 is 9.84 Å². The van der Waals surface area contributed by atoms with Crippen molar-refractivity contribution in [1.29, 1.82) is 0 Å². The molecule has 1 saturated heterocycles. The molecular weight excluding hydrogens is 371 g/mol. The van der Waals surface area contributed by atoms with Crippen LogP contribution in [-0.4, -0.2) is 51.3 Å². The fraction of sp³-hybridized carbons (Fsp3) is 0.368. The number of anilines is 1. The molecule has 0 amide bonds. The number of hydrogen-bond donors (Lipinski definition) is 2. The van der Waals surface area contributed by atoms with Gasteiger partial charge in [0, 0.05) is 25.3 Å². The Labute approximate surface area is 158 Å². The molecule has 0 radical (unpaired) electrons. The number of ether oxygens (including phenoxy) is 1. The number of sulfonamides is 1. The molecule has 146 valence electrons. The molecule has 0 spiro atoms. The summed E-state index contributed by atoms with van der Waals surface area (Å²) in [4.78, 5) is 2.23. The summed E-state index contributed by atoms with van der Waals surface area (Å²) in [5, 5.41) is 10.3. The first-order valence-electron chi connectivity index (χ1n) is 8.80. The van der Waals surface area contributed by atoms with Crippen molar-refractivity contribution in [2.45, 2.75) is 17.4 Å². The Morgan fingerprint density at radius 1 is 1.07 bits per heavy atom. The number of morpholine rings is 1. The van der Waals surface area contributed by atoms with Crippen molar-refractivity contribution in [3.8, 4) is 0 Å². The molecule has 8 heteroatoms. The molecule has 0 aromatic heterocycles. The van der Waals surface area contributed by atoms with Gasteiger partial charge in [-0.3, -0.25) is 9.62 Å². The molecule has 1 unspecified atom stereocenters. The third-order valence-electron chi connectivity index (χ3n) is 4.49. The lowest BCUT2D eigenvalue weighted by molar-refractivity contribution is 0.0300.